The zero-order valence-electron chi connectivity index (χ0n) is 20.3. The summed E-state index contributed by atoms with van der Waals surface area (Å²) in [6, 6.07) is 11.3. The van der Waals surface area contributed by atoms with Crippen molar-refractivity contribution in [2.24, 2.45) is 11.7 Å². The number of carbonyl (C=O) groups excluding carboxylic acids is 2. The Labute approximate surface area is 209 Å². The molecule has 2 fully saturated rings. The van der Waals surface area contributed by atoms with Gasteiger partial charge in [-0.2, -0.15) is 0 Å². The van der Waals surface area contributed by atoms with Crippen LogP contribution in [0.1, 0.15) is 49.5 Å². The van der Waals surface area contributed by atoms with Crippen LogP contribution < -0.4 is 25.3 Å². The first-order chi connectivity index (χ1) is 17.5. The van der Waals surface area contributed by atoms with E-state index < -0.39 is 5.91 Å². The van der Waals surface area contributed by atoms with E-state index in [-0.39, 0.29) is 30.5 Å². The van der Waals surface area contributed by atoms with Gasteiger partial charge in [-0.05, 0) is 61.9 Å². The lowest BCUT2D eigenvalue weighted by molar-refractivity contribution is -0.127. The number of carbonyl (C=O) groups is 2. The topological polar surface area (TPSA) is 126 Å². The van der Waals surface area contributed by atoms with Crippen molar-refractivity contribution in [3.8, 4) is 17.2 Å². The summed E-state index contributed by atoms with van der Waals surface area (Å²) >= 11 is 0. The van der Waals surface area contributed by atoms with Gasteiger partial charge in [-0.3, -0.25) is 9.59 Å². The number of para-hydroxylation sites is 1. The average Bonchev–Trinajstić information content (AvgIpc) is 3.53. The van der Waals surface area contributed by atoms with Crippen molar-refractivity contribution in [3.05, 3.63) is 47.9 Å². The van der Waals surface area contributed by atoms with E-state index in [9.17, 15) is 9.59 Å². The van der Waals surface area contributed by atoms with E-state index in [1.165, 1.54) is 12.8 Å². The van der Waals surface area contributed by atoms with Gasteiger partial charge in [-0.25, -0.2) is 4.98 Å². The second-order valence-corrected chi connectivity index (χ2v) is 9.48. The Morgan fingerprint density at radius 2 is 2.00 bits per heavy atom. The second-order valence-electron chi connectivity index (χ2n) is 9.48. The van der Waals surface area contributed by atoms with E-state index in [1.54, 1.807) is 25.3 Å². The number of piperidine rings is 1. The van der Waals surface area contributed by atoms with Gasteiger partial charge in [0.2, 0.25) is 5.91 Å². The zero-order chi connectivity index (χ0) is 25.1. The summed E-state index contributed by atoms with van der Waals surface area (Å²) in [7, 11) is 1.65. The van der Waals surface area contributed by atoms with Crippen molar-refractivity contribution in [3.63, 3.8) is 0 Å². The SMILES string of the molecule is COc1ccc([C@H]2CNC(=O)[C@@H](Cc3nc4c(OCC(N)=O)cccc4o3)C2)cc1OC1CCCC1. The lowest BCUT2D eigenvalue weighted by Crippen LogP contribution is -2.41. The number of hydrogen-bond acceptors (Lipinski definition) is 7. The molecule has 36 heavy (non-hydrogen) atoms. The number of hydrogen-bond donors (Lipinski definition) is 2. The molecule has 2 amide bonds. The molecule has 1 saturated heterocycles. The summed E-state index contributed by atoms with van der Waals surface area (Å²) in [4.78, 5) is 28.4. The Balaban J connectivity index is 1.32. The largest absolute Gasteiger partial charge is 0.493 e. The van der Waals surface area contributed by atoms with Crippen molar-refractivity contribution < 1.29 is 28.2 Å². The fourth-order valence-electron chi connectivity index (χ4n) is 5.09. The van der Waals surface area contributed by atoms with Gasteiger partial charge in [0, 0.05) is 24.8 Å². The summed E-state index contributed by atoms with van der Waals surface area (Å²) in [5, 5.41) is 3.04. The van der Waals surface area contributed by atoms with Crippen LogP contribution in [-0.2, 0) is 16.0 Å². The highest BCUT2D eigenvalue weighted by molar-refractivity contribution is 5.82. The first-order valence-corrected chi connectivity index (χ1v) is 12.4. The number of aromatic nitrogens is 1. The maximum atomic E-state index is 12.7. The van der Waals surface area contributed by atoms with Gasteiger partial charge >= 0.3 is 0 Å². The minimum absolute atomic E-state index is 0.0188. The molecule has 0 bridgehead atoms. The lowest BCUT2D eigenvalue weighted by atomic mass is 9.83. The van der Waals surface area contributed by atoms with Gasteiger partial charge in [0.15, 0.2) is 35.1 Å². The van der Waals surface area contributed by atoms with E-state index in [0.29, 0.717) is 42.1 Å². The first-order valence-electron chi connectivity index (χ1n) is 12.4. The Hall–Kier alpha value is -3.75. The Morgan fingerprint density at radius 1 is 1.17 bits per heavy atom. The van der Waals surface area contributed by atoms with Crippen LogP contribution in [-0.4, -0.2) is 43.2 Å². The number of nitrogens with one attached hydrogen (secondary N) is 1. The molecule has 1 aliphatic carbocycles. The summed E-state index contributed by atoms with van der Waals surface area (Å²) in [5.74, 6) is 1.59. The number of methoxy groups -OCH3 is 1. The number of nitrogens with two attached hydrogens (primary N) is 1. The van der Waals surface area contributed by atoms with Gasteiger partial charge in [0.05, 0.1) is 13.2 Å². The number of nitrogens with zero attached hydrogens (tertiary/aromatic N) is 1. The molecule has 3 N–H and O–H groups in total. The van der Waals surface area contributed by atoms with E-state index in [1.807, 2.05) is 12.1 Å². The molecule has 0 spiro atoms. The number of ether oxygens (including phenoxy) is 3. The van der Waals surface area contributed by atoms with E-state index in [4.69, 9.17) is 24.4 Å². The van der Waals surface area contributed by atoms with Crippen molar-refractivity contribution in [2.75, 3.05) is 20.3 Å². The predicted molar refractivity (Wildman–Crippen MR) is 132 cm³/mol. The van der Waals surface area contributed by atoms with Gasteiger partial charge in [0.1, 0.15) is 5.75 Å². The highest BCUT2D eigenvalue weighted by Crippen LogP contribution is 2.37. The van der Waals surface area contributed by atoms with Crippen molar-refractivity contribution in [1.29, 1.82) is 0 Å². The molecule has 1 aliphatic heterocycles. The number of rotatable bonds is 9. The highest BCUT2D eigenvalue weighted by atomic mass is 16.5. The third kappa shape index (κ3) is 5.24. The van der Waals surface area contributed by atoms with E-state index in [2.05, 4.69) is 16.4 Å². The van der Waals surface area contributed by atoms with Gasteiger partial charge in [0.25, 0.3) is 5.91 Å². The van der Waals surface area contributed by atoms with Crippen LogP contribution in [0.25, 0.3) is 11.1 Å². The molecule has 2 heterocycles. The fourth-order valence-corrected chi connectivity index (χ4v) is 5.09. The minimum Gasteiger partial charge on any atom is -0.493 e. The Morgan fingerprint density at radius 3 is 2.78 bits per heavy atom. The van der Waals surface area contributed by atoms with E-state index in [0.717, 1.165) is 29.9 Å². The molecule has 0 unspecified atom stereocenters. The Kier molecular flexibility index (Phi) is 6.97. The number of primary amides is 1. The van der Waals surface area contributed by atoms with Crippen LogP contribution in [0, 0.1) is 5.92 Å². The standard InChI is InChI=1S/C27H31N3O6/c1-33-20-10-9-16(12-23(20)35-19-5-2-3-6-19)18-11-17(27(32)29-14-18)13-25-30-26-21(34-15-24(28)31)7-4-8-22(26)36-25/h4,7-10,12,17-19H,2-3,5-6,11,13-15H2,1H3,(H2,28,31)(H,29,32)/t17-,18-/m1/s1. The van der Waals surface area contributed by atoms with Crippen LogP contribution in [0.4, 0.5) is 0 Å². The lowest BCUT2D eigenvalue weighted by Gasteiger charge is -2.29. The highest BCUT2D eigenvalue weighted by Gasteiger charge is 2.32. The van der Waals surface area contributed by atoms with Crippen LogP contribution >= 0.6 is 0 Å². The molecule has 1 saturated carbocycles. The molecule has 9 heteroatoms. The van der Waals surface area contributed by atoms with Crippen molar-refractivity contribution in [2.45, 2.75) is 50.5 Å². The van der Waals surface area contributed by atoms with Gasteiger partial charge < -0.3 is 29.7 Å². The number of oxazole rings is 1. The quantitative estimate of drug-likeness (QED) is 0.467. The molecular weight excluding hydrogens is 462 g/mol. The van der Waals surface area contributed by atoms with Crippen LogP contribution in [0.2, 0.25) is 0 Å². The zero-order valence-corrected chi connectivity index (χ0v) is 20.3. The normalized spacial score (nSPS) is 20.3. The molecule has 3 aromatic rings. The summed E-state index contributed by atoms with van der Waals surface area (Å²) in [6.07, 6.45) is 5.75. The molecule has 0 radical (unpaired) electrons. The van der Waals surface area contributed by atoms with Crippen LogP contribution in [0.5, 0.6) is 17.2 Å². The molecule has 9 nitrogen and oxygen atoms in total. The fraction of sp³-hybridized carbons (Fsp3) is 0.444. The number of benzene rings is 2. The second kappa shape index (κ2) is 10.5. The first kappa shape index (κ1) is 24.0. The third-order valence-corrected chi connectivity index (χ3v) is 6.93. The molecule has 2 atom stereocenters. The molecule has 1 aromatic heterocycles. The average molecular weight is 494 g/mol. The number of fused-ring (bicyclic) bond motifs is 1. The molecule has 2 aromatic carbocycles. The van der Waals surface area contributed by atoms with E-state index >= 15 is 0 Å². The third-order valence-electron chi connectivity index (χ3n) is 6.93. The Bertz CT molecular complexity index is 1250. The molecular formula is C27H31N3O6. The van der Waals surface area contributed by atoms with Crippen LogP contribution in [0.15, 0.2) is 40.8 Å². The summed E-state index contributed by atoms with van der Waals surface area (Å²) < 4.78 is 23.2. The molecule has 2 aliphatic rings. The molecule has 190 valence electrons. The smallest absolute Gasteiger partial charge is 0.255 e. The van der Waals surface area contributed by atoms with Gasteiger partial charge in [-0.1, -0.05) is 12.1 Å². The summed E-state index contributed by atoms with van der Waals surface area (Å²) in [6.45, 7) is 0.311. The van der Waals surface area contributed by atoms with Crippen molar-refractivity contribution >= 4 is 22.9 Å². The molecule has 5 rings (SSSR count). The van der Waals surface area contributed by atoms with Crippen LogP contribution in [0.3, 0.4) is 0 Å². The predicted octanol–water partition coefficient (Wildman–Crippen LogP) is 3.48. The maximum absolute atomic E-state index is 12.7. The van der Waals surface area contributed by atoms with Crippen molar-refractivity contribution in [1.82, 2.24) is 10.3 Å². The summed E-state index contributed by atoms with van der Waals surface area (Å²) in [5.41, 5.74) is 7.33. The maximum Gasteiger partial charge on any atom is 0.255 e. The minimum atomic E-state index is -0.573. The number of amides is 2. The monoisotopic (exact) mass is 493 g/mol. The van der Waals surface area contributed by atoms with Gasteiger partial charge in [-0.15, -0.1) is 0 Å².